The number of methoxy groups -OCH3 is 1. The Kier molecular flexibility index (Phi) is 6.60. The molecule has 5 rings (SSSR count). The van der Waals surface area contributed by atoms with Crippen molar-refractivity contribution in [3.63, 3.8) is 0 Å². The van der Waals surface area contributed by atoms with E-state index in [1.807, 2.05) is 48.5 Å². The first kappa shape index (κ1) is 23.4. The number of benzene rings is 3. The Labute approximate surface area is 211 Å². The van der Waals surface area contributed by atoms with Gasteiger partial charge in [0.25, 0.3) is 11.1 Å². The summed E-state index contributed by atoms with van der Waals surface area (Å²) in [5.41, 5.74) is 1.87. The molecule has 0 radical (unpaired) electrons. The van der Waals surface area contributed by atoms with Crippen LogP contribution in [-0.4, -0.2) is 29.1 Å². The lowest BCUT2D eigenvalue weighted by molar-refractivity contribution is -0.123. The summed E-state index contributed by atoms with van der Waals surface area (Å²) in [6.45, 7) is 0.365. The average molecular weight is 500 g/mol. The van der Waals surface area contributed by atoms with E-state index in [1.165, 1.54) is 24.6 Å². The van der Waals surface area contributed by atoms with Crippen LogP contribution in [0.1, 0.15) is 27.4 Å². The highest BCUT2D eigenvalue weighted by molar-refractivity contribution is 8.18. The van der Waals surface area contributed by atoms with E-state index in [0.29, 0.717) is 23.0 Å². The van der Waals surface area contributed by atoms with Crippen molar-refractivity contribution in [1.29, 1.82) is 0 Å². The number of imide groups is 1. The van der Waals surface area contributed by atoms with E-state index < -0.39 is 17.1 Å². The summed E-state index contributed by atoms with van der Waals surface area (Å²) in [7, 11) is 1.25. The molecule has 1 aromatic heterocycles. The molecule has 2 amide bonds. The molecule has 4 aromatic rings. The Morgan fingerprint density at radius 2 is 1.75 bits per heavy atom. The summed E-state index contributed by atoms with van der Waals surface area (Å²) in [5.74, 6) is -0.0195. The van der Waals surface area contributed by atoms with Gasteiger partial charge in [0.15, 0.2) is 0 Å². The van der Waals surface area contributed by atoms with Gasteiger partial charge in [-0.05, 0) is 64.0 Å². The Bertz CT molecular complexity index is 1480. The van der Waals surface area contributed by atoms with E-state index in [9.17, 15) is 14.4 Å². The topological polar surface area (TPSA) is 86.0 Å². The van der Waals surface area contributed by atoms with Crippen molar-refractivity contribution in [2.24, 2.45) is 0 Å². The van der Waals surface area contributed by atoms with Gasteiger partial charge in [0.2, 0.25) is 5.76 Å². The predicted molar refractivity (Wildman–Crippen MR) is 136 cm³/mol. The highest BCUT2D eigenvalue weighted by Gasteiger charge is 2.35. The molecule has 0 aliphatic carbocycles. The number of fused-ring (bicyclic) bond motifs is 1. The number of rotatable bonds is 7. The van der Waals surface area contributed by atoms with Crippen LogP contribution in [0, 0.1) is 0 Å². The third kappa shape index (κ3) is 4.89. The van der Waals surface area contributed by atoms with E-state index in [4.69, 9.17) is 9.15 Å². The molecule has 7 nitrogen and oxygen atoms in total. The zero-order chi connectivity index (χ0) is 25.1. The summed E-state index contributed by atoms with van der Waals surface area (Å²) in [4.78, 5) is 38.2. The predicted octanol–water partition coefficient (Wildman–Crippen LogP) is 6.03. The lowest BCUT2D eigenvalue weighted by Crippen LogP contribution is -2.27. The number of thioether (sulfide) groups is 1. The Morgan fingerprint density at radius 3 is 2.56 bits per heavy atom. The second-order valence-electron chi connectivity index (χ2n) is 8.02. The van der Waals surface area contributed by atoms with Crippen LogP contribution in [0.5, 0.6) is 5.75 Å². The number of esters is 1. The molecule has 1 fully saturated rings. The van der Waals surface area contributed by atoms with Gasteiger partial charge < -0.3 is 13.9 Å². The summed E-state index contributed by atoms with van der Waals surface area (Å²) in [6, 6.07) is 24.6. The summed E-state index contributed by atoms with van der Waals surface area (Å²) in [6.07, 6.45) is 1.67. The Hall–Kier alpha value is -4.30. The van der Waals surface area contributed by atoms with Crippen molar-refractivity contribution in [2.45, 2.75) is 13.2 Å². The molecule has 0 atom stereocenters. The Balaban J connectivity index is 1.24. The van der Waals surface area contributed by atoms with E-state index in [2.05, 4.69) is 22.9 Å². The molecular formula is C28H21NO6S. The number of furan rings is 1. The lowest BCUT2D eigenvalue weighted by Gasteiger charge is -2.10. The number of ether oxygens (including phenoxy) is 2. The average Bonchev–Trinajstić information content (AvgIpc) is 3.48. The van der Waals surface area contributed by atoms with Gasteiger partial charge in [-0.3, -0.25) is 14.5 Å². The van der Waals surface area contributed by atoms with Gasteiger partial charge in [0.05, 0.1) is 18.6 Å². The van der Waals surface area contributed by atoms with Crippen LogP contribution in [0.25, 0.3) is 16.8 Å². The third-order valence-corrected chi connectivity index (χ3v) is 6.60. The van der Waals surface area contributed by atoms with Crippen LogP contribution in [0.2, 0.25) is 0 Å². The minimum atomic E-state index is -0.625. The zero-order valence-corrected chi connectivity index (χ0v) is 20.1. The van der Waals surface area contributed by atoms with E-state index >= 15 is 0 Å². The highest BCUT2D eigenvalue weighted by Crippen LogP contribution is 2.34. The number of amides is 2. The molecule has 0 unspecified atom stereocenters. The second kappa shape index (κ2) is 10.1. The van der Waals surface area contributed by atoms with Crippen molar-refractivity contribution in [2.75, 3.05) is 7.11 Å². The van der Waals surface area contributed by atoms with Gasteiger partial charge in [-0.1, -0.05) is 54.6 Å². The minimum absolute atomic E-state index is 0.0118. The van der Waals surface area contributed by atoms with E-state index in [1.54, 1.807) is 6.08 Å². The number of nitrogens with zero attached hydrogens (tertiary/aromatic N) is 1. The maximum atomic E-state index is 12.8. The maximum Gasteiger partial charge on any atom is 0.373 e. The molecule has 3 aromatic carbocycles. The first-order chi connectivity index (χ1) is 17.5. The first-order valence-electron chi connectivity index (χ1n) is 11.1. The molecule has 8 heteroatoms. The standard InChI is InChI=1S/C28H21NO6S/c1-33-27(31)24-14-13-22(35-24)16-29-26(30)25(36-28(29)32)15-18-9-11-21(12-10-18)34-17-20-7-4-6-19-5-2-3-8-23(19)20/h2-15H,16-17H2,1H3/b25-15+. The van der Waals surface area contributed by atoms with Gasteiger partial charge >= 0.3 is 5.97 Å². The van der Waals surface area contributed by atoms with Crippen LogP contribution < -0.4 is 4.74 Å². The maximum absolute atomic E-state index is 12.8. The van der Waals surface area contributed by atoms with Crippen molar-refractivity contribution >= 4 is 45.7 Å². The van der Waals surface area contributed by atoms with E-state index in [0.717, 1.165) is 33.2 Å². The first-order valence-corrected chi connectivity index (χ1v) is 12.0. The molecule has 0 bridgehead atoms. The van der Waals surface area contributed by atoms with Gasteiger partial charge in [0, 0.05) is 0 Å². The number of hydrogen-bond acceptors (Lipinski definition) is 7. The smallest absolute Gasteiger partial charge is 0.373 e. The van der Waals surface area contributed by atoms with Gasteiger partial charge in [-0.2, -0.15) is 0 Å². The molecule has 2 heterocycles. The molecule has 0 spiro atoms. The van der Waals surface area contributed by atoms with Crippen molar-refractivity contribution < 1.29 is 28.3 Å². The highest BCUT2D eigenvalue weighted by atomic mass is 32.2. The van der Waals surface area contributed by atoms with Crippen molar-refractivity contribution in [3.05, 3.63) is 106 Å². The lowest BCUT2D eigenvalue weighted by atomic mass is 10.1. The van der Waals surface area contributed by atoms with Gasteiger partial charge in [0.1, 0.15) is 18.1 Å². The number of carbonyl (C=O) groups is 3. The molecule has 1 aliphatic rings. The summed E-state index contributed by atoms with van der Waals surface area (Å²) in [5, 5.41) is 1.92. The second-order valence-corrected chi connectivity index (χ2v) is 9.01. The molecule has 36 heavy (non-hydrogen) atoms. The normalized spacial score (nSPS) is 14.6. The quantitative estimate of drug-likeness (QED) is 0.226. The van der Waals surface area contributed by atoms with Crippen LogP contribution in [0.3, 0.4) is 0 Å². The van der Waals surface area contributed by atoms with Gasteiger partial charge in [-0.15, -0.1) is 0 Å². The van der Waals surface area contributed by atoms with Crippen LogP contribution in [-0.2, 0) is 22.7 Å². The van der Waals surface area contributed by atoms with Crippen molar-refractivity contribution in [3.8, 4) is 5.75 Å². The largest absolute Gasteiger partial charge is 0.489 e. The summed E-state index contributed by atoms with van der Waals surface area (Å²) >= 11 is 0.860. The fourth-order valence-corrected chi connectivity index (χ4v) is 4.69. The molecule has 1 saturated heterocycles. The van der Waals surface area contributed by atoms with Crippen LogP contribution in [0.4, 0.5) is 4.79 Å². The van der Waals surface area contributed by atoms with Crippen molar-refractivity contribution in [1.82, 2.24) is 4.90 Å². The Morgan fingerprint density at radius 1 is 0.972 bits per heavy atom. The van der Waals surface area contributed by atoms with Crippen LogP contribution >= 0.6 is 11.8 Å². The fourth-order valence-electron chi connectivity index (χ4n) is 3.86. The minimum Gasteiger partial charge on any atom is -0.489 e. The fraction of sp³-hybridized carbons (Fsp3) is 0.107. The number of hydrogen-bond donors (Lipinski definition) is 0. The summed E-state index contributed by atoms with van der Waals surface area (Å²) < 4.78 is 16.0. The third-order valence-electron chi connectivity index (χ3n) is 5.69. The number of carbonyl (C=O) groups excluding carboxylic acids is 3. The van der Waals surface area contributed by atoms with Gasteiger partial charge in [-0.25, -0.2) is 4.79 Å². The molecule has 1 aliphatic heterocycles. The monoisotopic (exact) mass is 499 g/mol. The molecular weight excluding hydrogens is 478 g/mol. The van der Waals surface area contributed by atoms with Crippen LogP contribution in [0.15, 0.2) is 88.2 Å². The molecule has 0 saturated carbocycles. The molecule has 0 N–H and O–H groups in total. The van der Waals surface area contributed by atoms with E-state index in [-0.39, 0.29) is 12.3 Å². The zero-order valence-electron chi connectivity index (χ0n) is 19.3. The SMILES string of the molecule is COC(=O)c1ccc(CN2C(=O)S/C(=C/c3ccc(OCc4cccc5ccccc45)cc3)C2=O)o1. The molecule has 180 valence electrons.